The lowest BCUT2D eigenvalue weighted by Gasteiger charge is -2.28. The summed E-state index contributed by atoms with van der Waals surface area (Å²) in [5.41, 5.74) is 2.19. The first kappa shape index (κ1) is 19.6. The van der Waals surface area contributed by atoms with Crippen LogP contribution < -0.4 is 0 Å². The third-order valence-corrected chi connectivity index (χ3v) is 9.28. The largest absolute Gasteiger partial charge is 0.243 e. The molecule has 2 aromatic carbocycles. The second kappa shape index (κ2) is 7.59. The number of benzene rings is 2. The van der Waals surface area contributed by atoms with Crippen molar-refractivity contribution in [2.45, 2.75) is 42.0 Å². The molecule has 0 aliphatic carbocycles. The smallest absolute Gasteiger partial charge is 0.207 e. The monoisotopic (exact) mass is 420 g/mol. The first-order valence-electron chi connectivity index (χ1n) is 9.56. The van der Waals surface area contributed by atoms with Gasteiger partial charge in [-0.15, -0.1) is 0 Å². The zero-order chi connectivity index (χ0) is 19.8. The Labute approximate surface area is 166 Å². The molecule has 0 amide bonds. The van der Waals surface area contributed by atoms with Gasteiger partial charge in [0.05, 0.1) is 9.79 Å². The highest BCUT2D eigenvalue weighted by atomic mass is 32.2. The van der Waals surface area contributed by atoms with Gasteiger partial charge in [0.2, 0.25) is 20.0 Å². The van der Waals surface area contributed by atoms with Gasteiger partial charge in [0, 0.05) is 26.2 Å². The zero-order valence-corrected chi connectivity index (χ0v) is 17.3. The molecule has 0 unspecified atom stereocenters. The van der Waals surface area contributed by atoms with Crippen LogP contribution in [0.15, 0.2) is 58.3 Å². The van der Waals surface area contributed by atoms with Crippen LogP contribution in [0.2, 0.25) is 0 Å². The maximum atomic E-state index is 13.0. The van der Waals surface area contributed by atoms with Crippen LogP contribution in [0.3, 0.4) is 0 Å². The Hall–Kier alpha value is -1.74. The molecule has 0 saturated carbocycles. The third-order valence-electron chi connectivity index (χ3n) is 5.51. The molecule has 2 aliphatic rings. The number of sulfonamides is 2. The van der Waals surface area contributed by atoms with E-state index in [2.05, 4.69) is 0 Å². The first-order chi connectivity index (χ1) is 13.4. The van der Waals surface area contributed by atoms with Gasteiger partial charge >= 0.3 is 0 Å². The topological polar surface area (TPSA) is 74.8 Å². The molecule has 2 aromatic rings. The van der Waals surface area contributed by atoms with E-state index in [0.717, 1.165) is 24.8 Å². The minimum absolute atomic E-state index is 0.129. The number of nitrogens with zero attached hydrogens (tertiary/aromatic N) is 2. The Bertz CT molecular complexity index is 1060. The predicted octanol–water partition coefficient (Wildman–Crippen LogP) is 2.61. The molecule has 0 N–H and O–H groups in total. The van der Waals surface area contributed by atoms with Gasteiger partial charge in [-0.2, -0.15) is 8.61 Å². The van der Waals surface area contributed by atoms with Gasteiger partial charge < -0.3 is 0 Å². The van der Waals surface area contributed by atoms with Crippen LogP contribution in [-0.4, -0.2) is 45.1 Å². The average molecular weight is 421 g/mol. The molecule has 6 nitrogen and oxygen atoms in total. The molecule has 1 saturated heterocycles. The number of piperidine rings is 1. The highest BCUT2D eigenvalue weighted by Gasteiger charge is 2.30. The summed E-state index contributed by atoms with van der Waals surface area (Å²) >= 11 is 0. The Morgan fingerprint density at radius 2 is 1.14 bits per heavy atom. The van der Waals surface area contributed by atoms with Crippen LogP contribution in [0.5, 0.6) is 0 Å². The van der Waals surface area contributed by atoms with Gasteiger partial charge in [0.25, 0.3) is 0 Å². The molecule has 0 spiro atoms. The van der Waals surface area contributed by atoms with Crippen molar-refractivity contribution in [2.75, 3.05) is 19.6 Å². The van der Waals surface area contributed by atoms with Crippen molar-refractivity contribution in [3.05, 3.63) is 59.7 Å². The molecule has 1 fully saturated rings. The van der Waals surface area contributed by atoms with Gasteiger partial charge in [0.1, 0.15) is 0 Å². The van der Waals surface area contributed by atoms with Crippen molar-refractivity contribution >= 4 is 20.0 Å². The summed E-state index contributed by atoms with van der Waals surface area (Å²) in [6.07, 6.45) is 3.45. The normalized spacial score (nSPS) is 19.3. The number of rotatable bonds is 4. The third kappa shape index (κ3) is 3.61. The Kier molecular flexibility index (Phi) is 5.30. The fourth-order valence-electron chi connectivity index (χ4n) is 3.86. The molecule has 2 heterocycles. The van der Waals surface area contributed by atoms with Crippen LogP contribution in [0.4, 0.5) is 0 Å². The minimum Gasteiger partial charge on any atom is -0.207 e. The Morgan fingerprint density at radius 3 is 1.75 bits per heavy atom. The highest BCUT2D eigenvalue weighted by molar-refractivity contribution is 7.89. The van der Waals surface area contributed by atoms with Crippen LogP contribution in [0.25, 0.3) is 0 Å². The highest BCUT2D eigenvalue weighted by Crippen LogP contribution is 2.27. The standard InChI is InChI=1S/C20H24N2O4S2/c23-27(24,21-13-4-1-5-14-21)19-8-10-20(11-9-19)28(25,26)22-15-12-17-6-2-3-7-18(17)16-22/h2-3,6-11H,1,4-5,12-16H2. The number of fused-ring (bicyclic) bond motifs is 1. The van der Waals surface area contributed by atoms with Crippen LogP contribution in [-0.2, 0) is 33.0 Å². The maximum absolute atomic E-state index is 13.0. The van der Waals surface area contributed by atoms with Crippen LogP contribution >= 0.6 is 0 Å². The molecule has 0 radical (unpaired) electrons. The molecular formula is C20H24N2O4S2. The van der Waals surface area contributed by atoms with Gasteiger partial charge in [-0.3, -0.25) is 0 Å². The van der Waals surface area contributed by atoms with Crippen molar-refractivity contribution < 1.29 is 16.8 Å². The molecule has 150 valence electrons. The summed E-state index contributed by atoms with van der Waals surface area (Å²) < 4.78 is 54.5. The van der Waals surface area contributed by atoms with Gasteiger partial charge in [-0.05, 0) is 54.7 Å². The van der Waals surface area contributed by atoms with E-state index >= 15 is 0 Å². The second-order valence-electron chi connectivity index (χ2n) is 7.29. The Balaban J connectivity index is 1.56. The molecule has 0 bridgehead atoms. The molecule has 0 atom stereocenters. The van der Waals surface area contributed by atoms with Gasteiger partial charge in [0.15, 0.2) is 0 Å². The fraction of sp³-hybridized carbons (Fsp3) is 0.400. The summed E-state index contributed by atoms with van der Waals surface area (Å²) in [4.78, 5) is 0.279. The van der Waals surface area contributed by atoms with Crippen molar-refractivity contribution in [1.82, 2.24) is 8.61 Å². The lowest BCUT2D eigenvalue weighted by molar-refractivity contribution is 0.346. The summed E-state index contributed by atoms with van der Waals surface area (Å²) in [5.74, 6) is 0. The average Bonchev–Trinajstić information content (AvgIpc) is 2.74. The van der Waals surface area contributed by atoms with E-state index < -0.39 is 20.0 Å². The van der Waals surface area contributed by atoms with E-state index in [1.54, 1.807) is 0 Å². The summed E-state index contributed by atoms with van der Waals surface area (Å²) in [7, 11) is -7.23. The molecule has 4 rings (SSSR count). The number of hydrogen-bond acceptors (Lipinski definition) is 4. The molecule has 2 aliphatic heterocycles. The van der Waals surface area contributed by atoms with Crippen molar-refractivity contribution in [3.8, 4) is 0 Å². The van der Waals surface area contributed by atoms with Crippen LogP contribution in [0, 0.1) is 0 Å². The SMILES string of the molecule is O=S(=O)(c1ccc(S(=O)(=O)N2CCc3ccccc3C2)cc1)N1CCCCC1. The first-order valence-corrected chi connectivity index (χ1v) is 12.4. The fourth-order valence-corrected chi connectivity index (χ4v) is 6.80. The van der Waals surface area contributed by atoms with E-state index in [0.29, 0.717) is 32.6 Å². The molecular weight excluding hydrogens is 396 g/mol. The van der Waals surface area contributed by atoms with E-state index in [9.17, 15) is 16.8 Å². The quantitative estimate of drug-likeness (QED) is 0.762. The van der Waals surface area contributed by atoms with Gasteiger partial charge in [-0.25, -0.2) is 16.8 Å². The van der Waals surface area contributed by atoms with E-state index in [4.69, 9.17) is 0 Å². The summed E-state index contributed by atoms with van der Waals surface area (Å²) in [6.45, 7) is 1.81. The van der Waals surface area contributed by atoms with Gasteiger partial charge in [-0.1, -0.05) is 30.7 Å². The predicted molar refractivity (Wildman–Crippen MR) is 107 cm³/mol. The Morgan fingerprint density at radius 1 is 0.607 bits per heavy atom. The van der Waals surface area contributed by atoms with Crippen LogP contribution in [0.1, 0.15) is 30.4 Å². The number of hydrogen-bond donors (Lipinski definition) is 0. The molecule has 0 aromatic heterocycles. The van der Waals surface area contributed by atoms with E-state index in [1.807, 2.05) is 24.3 Å². The second-order valence-corrected chi connectivity index (χ2v) is 11.2. The van der Waals surface area contributed by atoms with Crippen molar-refractivity contribution in [2.24, 2.45) is 0 Å². The zero-order valence-electron chi connectivity index (χ0n) is 15.6. The maximum Gasteiger partial charge on any atom is 0.243 e. The van der Waals surface area contributed by atoms with E-state index in [-0.39, 0.29) is 9.79 Å². The lowest BCUT2D eigenvalue weighted by Crippen LogP contribution is -2.36. The minimum atomic E-state index is -3.67. The lowest BCUT2D eigenvalue weighted by atomic mass is 10.0. The summed E-state index contributed by atoms with van der Waals surface area (Å²) in [5, 5.41) is 0. The molecule has 8 heteroatoms. The van der Waals surface area contributed by atoms with E-state index in [1.165, 1.54) is 38.4 Å². The van der Waals surface area contributed by atoms with Crippen molar-refractivity contribution in [3.63, 3.8) is 0 Å². The van der Waals surface area contributed by atoms with Crippen molar-refractivity contribution in [1.29, 1.82) is 0 Å². The summed E-state index contributed by atoms with van der Waals surface area (Å²) in [6, 6.07) is 13.5. The molecule has 28 heavy (non-hydrogen) atoms.